The molecular weight excluding hydrogens is 300 g/mol. The van der Waals surface area contributed by atoms with Gasteiger partial charge in [-0.05, 0) is 36.4 Å². The van der Waals surface area contributed by atoms with Crippen molar-refractivity contribution in [1.29, 1.82) is 0 Å². The fourth-order valence-electron chi connectivity index (χ4n) is 2.50. The van der Waals surface area contributed by atoms with Gasteiger partial charge in [-0.25, -0.2) is 0 Å². The third-order valence-corrected chi connectivity index (χ3v) is 3.53. The summed E-state index contributed by atoms with van der Waals surface area (Å²) in [6.07, 6.45) is 5.62. The monoisotopic (exact) mass is 312 g/mol. The highest BCUT2D eigenvalue weighted by Gasteiger charge is 2.39. The fraction of sp³-hybridized carbons (Fsp3) is 0.118. The van der Waals surface area contributed by atoms with Gasteiger partial charge in [0.15, 0.2) is 0 Å². The van der Waals surface area contributed by atoms with E-state index in [-0.39, 0.29) is 5.57 Å². The summed E-state index contributed by atoms with van der Waals surface area (Å²) in [5.74, 6) is 0.923. The van der Waals surface area contributed by atoms with Crippen molar-refractivity contribution in [3.05, 3.63) is 71.8 Å². The molecule has 0 amide bonds. The summed E-state index contributed by atoms with van der Waals surface area (Å²) in [4.78, 5) is 12.2. The Balaban J connectivity index is 1.77. The molecule has 4 rings (SSSR count). The highest BCUT2D eigenvalue weighted by molar-refractivity contribution is 6.23. The summed E-state index contributed by atoms with van der Waals surface area (Å²) in [5.41, 5.74) is 0.763. The third-order valence-electron chi connectivity index (χ3n) is 3.53. The molecule has 2 aliphatic rings. The Bertz CT molecular complexity index is 807. The van der Waals surface area contributed by atoms with E-state index < -0.39 is 18.4 Å². The molecule has 0 bridgehead atoms. The summed E-state index contributed by atoms with van der Waals surface area (Å²) in [6, 6.07) is 6.86. The molecule has 0 spiro atoms. The summed E-state index contributed by atoms with van der Waals surface area (Å²) in [5, 5.41) is 9.84. The molecule has 2 atom stereocenters. The van der Waals surface area contributed by atoms with E-state index in [1.165, 1.54) is 6.26 Å². The maximum absolute atomic E-state index is 12.2. The van der Waals surface area contributed by atoms with Gasteiger partial charge in [-0.2, -0.15) is 0 Å². The topological polar surface area (TPSA) is 82.0 Å². The van der Waals surface area contributed by atoms with Gasteiger partial charge in [0.1, 0.15) is 17.3 Å². The molecule has 1 N–H and O–H groups in total. The molecule has 0 saturated carbocycles. The molecule has 4 heterocycles. The number of furan rings is 2. The first-order valence-electron chi connectivity index (χ1n) is 6.98. The van der Waals surface area contributed by atoms with Crippen molar-refractivity contribution in [2.24, 2.45) is 0 Å². The van der Waals surface area contributed by atoms with Gasteiger partial charge in [-0.1, -0.05) is 0 Å². The smallest absolute Gasteiger partial charge is 0.230 e. The fourth-order valence-corrected chi connectivity index (χ4v) is 2.50. The first-order chi connectivity index (χ1) is 11.2. The van der Waals surface area contributed by atoms with E-state index in [0.29, 0.717) is 22.9 Å². The molecule has 0 radical (unpaired) electrons. The minimum atomic E-state index is -1.60. The number of ketones is 1. The average molecular weight is 312 g/mol. The minimum absolute atomic E-state index is 0.257. The van der Waals surface area contributed by atoms with Crippen LogP contribution in [0.15, 0.2) is 69.1 Å². The van der Waals surface area contributed by atoms with E-state index in [2.05, 4.69) is 0 Å². The van der Waals surface area contributed by atoms with E-state index >= 15 is 0 Å². The standard InChI is InChI=1S/C17H12O6/c18-15-14(13-4-2-8-21-13)12-6-5-11(9-10-3-1-7-20-10)22-17(12)23-16(15)19/h1-9,16-17,19H/b11-9+/t16-,17+/m0/s1. The van der Waals surface area contributed by atoms with Crippen LogP contribution >= 0.6 is 0 Å². The van der Waals surface area contributed by atoms with Gasteiger partial charge in [-0.15, -0.1) is 0 Å². The predicted octanol–water partition coefficient (Wildman–Crippen LogP) is 2.50. The predicted molar refractivity (Wildman–Crippen MR) is 78.4 cm³/mol. The van der Waals surface area contributed by atoms with Crippen molar-refractivity contribution in [2.75, 3.05) is 0 Å². The largest absolute Gasteiger partial charge is 0.465 e. The van der Waals surface area contributed by atoms with Crippen LogP contribution in [0, 0.1) is 0 Å². The zero-order chi connectivity index (χ0) is 15.8. The number of carbonyl (C=O) groups excluding carboxylic acids is 1. The molecule has 0 unspecified atom stereocenters. The van der Waals surface area contributed by atoms with Crippen molar-refractivity contribution >= 4 is 17.4 Å². The zero-order valence-corrected chi connectivity index (χ0v) is 11.8. The Morgan fingerprint density at radius 1 is 1.09 bits per heavy atom. The second kappa shape index (κ2) is 5.42. The molecule has 6 heteroatoms. The quantitative estimate of drug-likeness (QED) is 0.917. The SMILES string of the molecule is O=C1C(c2ccco2)=C2C=C/C(=C\c3ccco3)O[C@@H]2O[C@@H]1O. The maximum Gasteiger partial charge on any atom is 0.230 e. The van der Waals surface area contributed by atoms with Gasteiger partial charge in [-0.3, -0.25) is 4.79 Å². The Morgan fingerprint density at radius 2 is 1.91 bits per heavy atom. The van der Waals surface area contributed by atoms with Crippen LogP contribution in [-0.4, -0.2) is 23.5 Å². The van der Waals surface area contributed by atoms with Crippen LogP contribution in [0.4, 0.5) is 0 Å². The number of carbonyl (C=O) groups is 1. The van der Waals surface area contributed by atoms with E-state index in [1.807, 2.05) is 0 Å². The zero-order valence-electron chi connectivity index (χ0n) is 11.8. The van der Waals surface area contributed by atoms with Crippen LogP contribution in [-0.2, 0) is 14.3 Å². The van der Waals surface area contributed by atoms with Gasteiger partial charge in [0.2, 0.25) is 18.4 Å². The molecule has 116 valence electrons. The molecule has 2 aliphatic heterocycles. The van der Waals surface area contributed by atoms with Crippen LogP contribution < -0.4 is 0 Å². The second-order valence-electron chi connectivity index (χ2n) is 5.01. The number of aliphatic hydroxyl groups is 1. The summed E-state index contributed by atoms with van der Waals surface area (Å²) in [7, 11) is 0. The number of hydrogen-bond acceptors (Lipinski definition) is 6. The van der Waals surface area contributed by atoms with Crippen molar-refractivity contribution in [1.82, 2.24) is 0 Å². The molecule has 0 aromatic carbocycles. The highest BCUT2D eigenvalue weighted by Crippen LogP contribution is 2.35. The minimum Gasteiger partial charge on any atom is -0.465 e. The Kier molecular flexibility index (Phi) is 3.25. The molecule has 2 aromatic rings. The van der Waals surface area contributed by atoms with E-state index in [1.54, 1.807) is 48.8 Å². The Labute approximate surface area is 130 Å². The van der Waals surface area contributed by atoms with Gasteiger partial charge in [0.05, 0.1) is 18.1 Å². The van der Waals surface area contributed by atoms with Crippen LogP contribution in [0.1, 0.15) is 11.5 Å². The maximum atomic E-state index is 12.2. The normalized spacial score (nSPS) is 25.6. The molecule has 23 heavy (non-hydrogen) atoms. The van der Waals surface area contributed by atoms with Crippen LogP contribution in [0.3, 0.4) is 0 Å². The van der Waals surface area contributed by atoms with Gasteiger partial charge >= 0.3 is 0 Å². The van der Waals surface area contributed by atoms with Crippen LogP contribution in [0.2, 0.25) is 0 Å². The molecule has 0 saturated heterocycles. The number of Topliss-reactive ketones (excluding diaryl/α,β-unsaturated/α-hetero) is 1. The third kappa shape index (κ3) is 2.44. The lowest BCUT2D eigenvalue weighted by Crippen LogP contribution is -2.39. The van der Waals surface area contributed by atoms with Crippen LogP contribution in [0.25, 0.3) is 11.6 Å². The van der Waals surface area contributed by atoms with Gasteiger partial charge < -0.3 is 23.4 Å². The first-order valence-corrected chi connectivity index (χ1v) is 6.98. The molecule has 0 aliphatic carbocycles. The Hall–Kier alpha value is -2.83. The molecular formula is C17H12O6. The number of rotatable bonds is 2. The van der Waals surface area contributed by atoms with Crippen LogP contribution in [0.5, 0.6) is 0 Å². The van der Waals surface area contributed by atoms with E-state index in [4.69, 9.17) is 18.3 Å². The number of allylic oxidation sites excluding steroid dienone is 1. The van der Waals surface area contributed by atoms with Crippen molar-refractivity contribution in [2.45, 2.75) is 12.6 Å². The summed E-state index contributed by atoms with van der Waals surface area (Å²) in [6.45, 7) is 0. The first kappa shape index (κ1) is 13.8. The lowest BCUT2D eigenvalue weighted by atomic mass is 9.96. The van der Waals surface area contributed by atoms with E-state index in [9.17, 15) is 9.90 Å². The second-order valence-corrected chi connectivity index (χ2v) is 5.01. The van der Waals surface area contributed by atoms with E-state index in [0.717, 1.165) is 0 Å². The number of fused-ring (bicyclic) bond motifs is 1. The number of hydrogen-bond donors (Lipinski definition) is 1. The molecule has 0 fully saturated rings. The Morgan fingerprint density at radius 3 is 2.65 bits per heavy atom. The highest BCUT2D eigenvalue weighted by atomic mass is 16.7. The number of aliphatic hydroxyl groups excluding tert-OH is 1. The molecule has 2 aromatic heterocycles. The lowest BCUT2D eigenvalue weighted by molar-refractivity contribution is -0.200. The van der Waals surface area contributed by atoms with Crippen molar-refractivity contribution in [3.63, 3.8) is 0 Å². The van der Waals surface area contributed by atoms with Crippen molar-refractivity contribution in [3.8, 4) is 0 Å². The molecule has 6 nitrogen and oxygen atoms in total. The lowest BCUT2D eigenvalue weighted by Gasteiger charge is -2.31. The van der Waals surface area contributed by atoms with Gasteiger partial charge in [0, 0.05) is 11.6 Å². The number of ether oxygens (including phenoxy) is 2. The van der Waals surface area contributed by atoms with Gasteiger partial charge in [0.25, 0.3) is 0 Å². The average Bonchev–Trinajstić information content (AvgIpc) is 3.22. The van der Waals surface area contributed by atoms with Crippen molar-refractivity contribution < 1.29 is 28.2 Å². The summed E-state index contributed by atoms with van der Waals surface area (Å²) < 4.78 is 21.5. The summed E-state index contributed by atoms with van der Waals surface area (Å²) >= 11 is 0.